The molecule has 0 atom stereocenters. The fourth-order valence-electron chi connectivity index (χ4n) is 2.00. The molecule has 0 spiro atoms. The lowest BCUT2D eigenvalue weighted by Gasteiger charge is -2.01. The molecule has 4 nitrogen and oxygen atoms in total. The van der Waals surface area contributed by atoms with Crippen LogP contribution in [0.2, 0.25) is 5.02 Å². The summed E-state index contributed by atoms with van der Waals surface area (Å²) in [6.07, 6.45) is 3.81. The number of hydrogen-bond acceptors (Lipinski definition) is 4. The Morgan fingerprint density at radius 3 is 2.52 bits per heavy atom. The minimum atomic E-state index is 0.437. The Labute approximate surface area is 148 Å². The average Bonchev–Trinajstić information content (AvgIpc) is 2.95. The molecule has 1 N–H and O–H groups in total. The molecular formula is C16H13ClN4S2. The summed E-state index contributed by atoms with van der Waals surface area (Å²) in [7, 11) is 0. The van der Waals surface area contributed by atoms with E-state index in [2.05, 4.69) is 27.4 Å². The summed E-state index contributed by atoms with van der Waals surface area (Å²) < 4.78 is 2.04. The van der Waals surface area contributed by atoms with Crippen LogP contribution in [0.3, 0.4) is 0 Å². The first-order valence-corrected chi connectivity index (χ1v) is 8.80. The van der Waals surface area contributed by atoms with Crippen LogP contribution in [0.4, 0.5) is 0 Å². The Bertz CT molecular complexity index is 880. The number of thioether (sulfide) groups is 1. The summed E-state index contributed by atoms with van der Waals surface area (Å²) in [5.41, 5.74) is 1.88. The number of H-pyrrole nitrogens is 1. The molecule has 3 rings (SSSR count). The summed E-state index contributed by atoms with van der Waals surface area (Å²) in [5.74, 6) is 0.642. The van der Waals surface area contributed by atoms with Crippen LogP contribution in [0.15, 0.2) is 58.5 Å². The maximum absolute atomic E-state index is 5.92. The summed E-state index contributed by atoms with van der Waals surface area (Å²) in [5, 5.41) is 12.1. The van der Waals surface area contributed by atoms with Gasteiger partial charge in [-0.05, 0) is 60.4 Å². The molecule has 3 aromatic rings. The molecule has 7 heteroatoms. The van der Waals surface area contributed by atoms with E-state index in [1.807, 2.05) is 42.7 Å². The molecule has 116 valence electrons. The number of nitrogens with zero attached hydrogens (tertiary/aromatic N) is 3. The molecule has 0 bridgehead atoms. The van der Waals surface area contributed by atoms with E-state index >= 15 is 0 Å². The fraction of sp³-hybridized carbons (Fsp3) is 0.0625. The topological polar surface area (TPSA) is 46.0 Å². The Kier molecular flexibility index (Phi) is 4.95. The van der Waals surface area contributed by atoms with E-state index in [4.69, 9.17) is 23.8 Å². The highest BCUT2D eigenvalue weighted by atomic mass is 35.5. The fourth-order valence-corrected chi connectivity index (χ4v) is 2.71. The zero-order valence-electron chi connectivity index (χ0n) is 12.2. The minimum Gasteiger partial charge on any atom is -0.250 e. The van der Waals surface area contributed by atoms with Gasteiger partial charge in [0.2, 0.25) is 4.77 Å². The highest BCUT2D eigenvalue weighted by molar-refractivity contribution is 7.98. The molecular weight excluding hydrogens is 348 g/mol. The van der Waals surface area contributed by atoms with Crippen molar-refractivity contribution in [2.45, 2.75) is 4.90 Å². The normalized spacial score (nSPS) is 11.2. The van der Waals surface area contributed by atoms with Gasteiger partial charge < -0.3 is 0 Å². The van der Waals surface area contributed by atoms with Gasteiger partial charge in [0.1, 0.15) is 0 Å². The van der Waals surface area contributed by atoms with Crippen molar-refractivity contribution in [2.75, 3.05) is 6.26 Å². The standard InChI is InChI=1S/C16H13ClN4S2/c1-23-14-8-2-11(3-9-14)10-18-21-15(19-20-16(21)22)12-4-6-13(17)7-5-12/h2-10H,1H3,(H,20,22). The lowest BCUT2D eigenvalue weighted by atomic mass is 10.2. The first-order chi connectivity index (χ1) is 11.2. The predicted octanol–water partition coefficient (Wildman–Crippen LogP) is 4.87. The molecule has 0 aliphatic rings. The molecule has 1 aromatic heterocycles. The van der Waals surface area contributed by atoms with E-state index < -0.39 is 0 Å². The lowest BCUT2D eigenvalue weighted by molar-refractivity contribution is 0.871. The maximum Gasteiger partial charge on any atom is 0.216 e. The van der Waals surface area contributed by atoms with Crippen molar-refractivity contribution in [3.8, 4) is 11.4 Å². The van der Waals surface area contributed by atoms with Crippen molar-refractivity contribution in [2.24, 2.45) is 5.10 Å². The van der Waals surface area contributed by atoms with Gasteiger partial charge in [-0.15, -0.1) is 11.8 Å². The van der Waals surface area contributed by atoms with Crippen molar-refractivity contribution in [3.05, 3.63) is 63.9 Å². The summed E-state index contributed by atoms with van der Waals surface area (Å²) in [6.45, 7) is 0. The van der Waals surface area contributed by atoms with Crippen molar-refractivity contribution >= 4 is 41.8 Å². The van der Waals surface area contributed by atoms with Crippen LogP contribution < -0.4 is 0 Å². The summed E-state index contributed by atoms with van der Waals surface area (Å²) in [4.78, 5) is 1.21. The third-order valence-corrected chi connectivity index (χ3v) is 4.45. The van der Waals surface area contributed by atoms with Gasteiger partial charge >= 0.3 is 0 Å². The van der Waals surface area contributed by atoms with Crippen molar-refractivity contribution < 1.29 is 0 Å². The molecule has 23 heavy (non-hydrogen) atoms. The highest BCUT2D eigenvalue weighted by Crippen LogP contribution is 2.20. The van der Waals surface area contributed by atoms with E-state index in [1.54, 1.807) is 22.7 Å². The second-order valence-electron chi connectivity index (χ2n) is 4.69. The van der Waals surface area contributed by atoms with Crippen LogP contribution >= 0.6 is 35.6 Å². The number of aromatic nitrogens is 3. The van der Waals surface area contributed by atoms with Crippen molar-refractivity contribution in [3.63, 3.8) is 0 Å². The highest BCUT2D eigenvalue weighted by Gasteiger charge is 2.07. The smallest absolute Gasteiger partial charge is 0.216 e. The van der Waals surface area contributed by atoms with E-state index in [0.29, 0.717) is 15.6 Å². The van der Waals surface area contributed by atoms with Crippen LogP contribution in [0, 0.1) is 4.77 Å². The van der Waals surface area contributed by atoms with E-state index in [1.165, 1.54) is 4.90 Å². The third kappa shape index (κ3) is 3.72. The lowest BCUT2D eigenvalue weighted by Crippen LogP contribution is -1.95. The second kappa shape index (κ2) is 7.12. The van der Waals surface area contributed by atoms with Crippen LogP contribution in [0.5, 0.6) is 0 Å². The van der Waals surface area contributed by atoms with Crippen molar-refractivity contribution in [1.29, 1.82) is 0 Å². The van der Waals surface area contributed by atoms with E-state index in [9.17, 15) is 0 Å². The Hall–Kier alpha value is -1.89. The number of aromatic amines is 1. The SMILES string of the molecule is CSc1ccc(C=Nn2c(-c3ccc(Cl)cc3)n[nH]c2=S)cc1. The first kappa shape index (κ1) is 16.0. The molecule has 0 unspecified atom stereocenters. The minimum absolute atomic E-state index is 0.437. The van der Waals surface area contributed by atoms with E-state index in [0.717, 1.165) is 11.1 Å². The second-order valence-corrected chi connectivity index (χ2v) is 6.39. The number of rotatable bonds is 4. The van der Waals surface area contributed by atoms with Gasteiger partial charge in [-0.3, -0.25) is 0 Å². The average molecular weight is 361 g/mol. The van der Waals surface area contributed by atoms with Gasteiger partial charge in [0.05, 0.1) is 6.21 Å². The predicted molar refractivity (Wildman–Crippen MR) is 99.1 cm³/mol. The van der Waals surface area contributed by atoms with Crippen molar-refractivity contribution in [1.82, 2.24) is 14.9 Å². The number of benzene rings is 2. The molecule has 1 heterocycles. The molecule has 0 saturated heterocycles. The van der Waals surface area contributed by atoms with Gasteiger partial charge in [0.25, 0.3) is 0 Å². The molecule has 0 saturated carbocycles. The number of hydrogen-bond donors (Lipinski definition) is 1. The largest absolute Gasteiger partial charge is 0.250 e. The molecule has 0 amide bonds. The van der Waals surface area contributed by atoms with Gasteiger partial charge in [-0.25, -0.2) is 5.10 Å². The Morgan fingerprint density at radius 1 is 1.17 bits per heavy atom. The van der Waals surface area contributed by atoms with Crippen LogP contribution in [-0.2, 0) is 0 Å². The number of halogens is 1. The van der Waals surface area contributed by atoms with Gasteiger partial charge in [-0.1, -0.05) is 23.7 Å². The van der Waals surface area contributed by atoms with Gasteiger partial charge in [0.15, 0.2) is 5.82 Å². The van der Waals surface area contributed by atoms with Gasteiger partial charge in [-0.2, -0.15) is 14.9 Å². The quantitative estimate of drug-likeness (QED) is 0.410. The maximum atomic E-state index is 5.92. The zero-order valence-corrected chi connectivity index (χ0v) is 14.6. The van der Waals surface area contributed by atoms with Crippen LogP contribution in [0.1, 0.15) is 5.56 Å². The van der Waals surface area contributed by atoms with Gasteiger partial charge in [0, 0.05) is 15.5 Å². The zero-order chi connectivity index (χ0) is 16.2. The summed E-state index contributed by atoms with van der Waals surface area (Å²) >= 11 is 12.9. The Balaban J connectivity index is 1.93. The molecule has 0 fully saturated rings. The summed E-state index contributed by atoms with van der Waals surface area (Å²) in [6, 6.07) is 15.5. The molecule has 2 aromatic carbocycles. The Morgan fingerprint density at radius 2 is 1.87 bits per heavy atom. The molecule has 0 aliphatic heterocycles. The van der Waals surface area contributed by atoms with Crippen LogP contribution in [0.25, 0.3) is 11.4 Å². The van der Waals surface area contributed by atoms with E-state index in [-0.39, 0.29) is 0 Å². The van der Waals surface area contributed by atoms with Crippen LogP contribution in [-0.4, -0.2) is 27.3 Å². The number of nitrogens with one attached hydrogen (secondary N) is 1. The monoisotopic (exact) mass is 360 g/mol. The first-order valence-electron chi connectivity index (χ1n) is 6.79. The molecule has 0 radical (unpaired) electrons. The third-order valence-electron chi connectivity index (χ3n) is 3.19. The molecule has 0 aliphatic carbocycles.